The number of hydrogen-bond acceptors (Lipinski definition) is 8. The Kier molecular flexibility index (Phi) is 8.27. The van der Waals surface area contributed by atoms with Crippen LogP contribution in [-0.4, -0.2) is 29.9 Å². The molecule has 0 spiro atoms. The van der Waals surface area contributed by atoms with E-state index in [0.29, 0.717) is 34.9 Å². The van der Waals surface area contributed by atoms with Crippen LogP contribution in [0.1, 0.15) is 25.0 Å². The van der Waals surface area contributed by atoms with E-state index >= 15 is 0 Å². The van der Waals surface area contributed by atoms with Crippen LogP contribution in [0.5, 0.6) is 0 Å². The molecule has 0 N–H and O–H groups in total. The molecule has 0 atom stereocenters. The normalized spacial score (nSPS) is 13.0. The fraction of sp³-hybridized carbons (Fsp3) is 0.0588. The zero-order valence-corrected chi connectivity index (χ0v) is 33.0. The molecule has 8 heteroatoms. The van der Waals surface area contributed by atoms with Crippen LogP contribution in [0, 0.1) is 0 Å². The van der Waals surface area contributed by atoms with Gasteiger partial charge in [0, 0.05) is 59.4 Å². The van der Waals surface area contributed by atoms with Gasteiger partial charge in [0.1, 0.15) is 11.2 Å². The lowest BCUT2D eigenvalue weighted by molar-refractivity contribution is 0.608. The first-order chi connectivity index (χ1) is 29.0. The number of nitrogens with zero attached hydrogens (tertiary/aromatic N) is 6. The van der Waals surface area contributed by atoms with Gasteiger partial charge >= 0.3 is 0 Å². The van der Waals surface area contributed by atoms with Crippen molar-refractivity contribution in [2.24, 2.45) is 0 Å². The highest BCUT2D eigenvalue weighted by Crippen LogP contribution is 2.51. The van der Waals surface area contributed by atoms with Gasteiger partial charge in [0.2, 0.25) is 0 Å². The zero-order valence-electron chi connectivity index (χ0n) is 32.2. The number of hydrogen-bond donors (Lipinski definition) is 0. The molecular formula is C51H34N6OS. The molecule has 280 valence electrons. The third-order valence-corrected chi connectivity index (χ3v) is 12.3. The number of rotatable bonds is 6. The van der Waals surface area contributed by atoms with Gasteiger partial charge in [0.25, 0.3) is 0 Å². The molecule has 3 aromatic heterocycles. The SMILES string of the molecule is CC1(C)c2ccccc2Sc2c(-c3nc(-c4ccccc4)nc(-c4cccc(-c5nc(-c6ccccc6)nc(-c6cccc7oc8ccccc8c67)n5)c4)n3)cccc21. The van der Waals surface area contributed by atoms with E-state index in [9.17, 15) is 0 Å². The Hall–Kier alpha value is -7.29. The lowest BCUT2D eigenvalue weighted by Crippen LogP contribution is -2.24. The maximum absolute atomic E-state index is 6.26. The molecule has 4 heterocycles. The van der Waals surface area contributed by atoms with Crippen molar-refractivity contribution in [1.82, 2.24) is 29.9 Å². The van der Waals surface area contributed by atoms with Crippen molar-refractivity contribution in [1.29, 1.82) is 0 Å². The highest BCUT2D eigenvalue weighted by molar-refractivity contribution is 7.99. The van der Waals surface area contributed by atoms with E-state index < -0.39 is 0 Å². The maximum atomic E-state index is 6.26. The molecule has 0 amide bonds. The topological polar surface area (TPSA) is 90.5 Å². The number of furan rings is 1. The summed E-state index contributed by atoms with van der Waals surface area (Å²) in [5.41, 5.74) is 9.24. The highest BCUT2D eigenvalue weighted by atomic mass is 32.2. The predicted octanol–water partition coefficient (Wildman–Crippen LogP) is 12.7. The van der Waals surface area contributed by atoms with Crippen LogP contribution in [0.2, 0.25) is 0 Å². The van der Waals surface area contributed by atoms with Gasteiger partial charge in [-0.3, -0.25) is 0 Å². The Bertz CT molecular complexity index is 3240. The van der Waals surface area contributed by atoms with E-state index in [1.54, 1.807) is 11.8 Å². The summed E-state index contributed by atoms with van der Waals surface area (Å²) in [5.74, 6) is 3.44. The Morgan fingerprint density at radius 2 is 0.881 bits per heavy atom. The smallest absolute Gasteiger partial charge is 0.165 e. The van der Waals surface area contributed by atoms with Crippen molar-refractivity contribution in [3.8, 4) is 68.3 Å². The standard InChI is InChI=1S/C51H34N6OS/c1-51(2)38-25-10-12-29-42(38)59-44-37(24-14-26-39(44)51)50-55-46(32-18-7-4-8-19-32)53-48(57-50)34-21-13-20-33(30-34)47-52-45(31-16-5-3-6-17-31)54-49(56-47)36-23-15-28-41-43(36)35-22-9-11-27-40(35)58-41/h3-30H,1-2H3. The Labute approximate surface area is 345 Å². The van der Waals surface area contributed by atoms with Crippen LogP contribution in [0.4, 0.5) is 0 Å². The van der Waals surface area contributed by atoms with Gasteiger partial charge in [-0.25, -0.2) is 29.9 Å². The first-order valence-electron chi connectivity index (χ1n) is 19.5. The van der Waals surface area contributed by atoms with Gasteiger partial charge < -0.3 is 4.42 Å². The zero-order chi connectivity index (χ0) is 39.5. The second-order valence-corrected chi connectivity index (χ2v) is 16.2. The monoisotopic (exact) mass is 778 g/mol. The third-order valence-electron chi connectivity index (χ3n) is 11.1. The van der Waals surface area contributed by atoms with E-state index in [1.165, 1.54) is 16.0 Å². The quantitative estimate of drug-likeness (QED) is 0.165. The van der Waals surface area contributed by atoms with Gasteiger partial charge in [-0.15, -0.1) is 0 Å². The molecule has 1 aliphatic heterocycles. The van der Waals surface area contributed by atoms with Gasteiger partial charge in [0.15, 0.2) is 34.9 Å². The molecule has 59 heavy (non-hydrogen) atoms. The molecule has 0 radical (unpaired) electrons. The van der Waals surface area contributed by atoms with E-state index in [2.05, 4.69) is 68.4 Å². The first kappa shape index (κ1) is 34.9. The Morgan fingerprint density at radius 3 is 1.58 bits per heavy atom. The summed E-state index contributed by atoms with van der Waals surface area (Å²) in [6.45, 7) is 4.59. The molecule has 10 aromatic rings. The number of fused-ring (bicyclic) bond motifs is 5. The molecule has 0 bridgehead atoms. The summed E-state index contributed by atoms with van der Waals surface area (Å²) in [6, 6.07) is 57.4. The lowest BCUT2D eigenvalue weighted by atomic mass is 9.77. The van der Waals surface area contributed by atoms with Crippen LogP contribution < -0.4 is 0 Å². The molecule has 7 aromatic carbocycles. The largest absolute Gasteiger partial charge is 0.456 e. The van der Waals surface area contributed by atoms with Crippen LogP contribution >= 0.6 is 11.8 Å². The molecule has 0 saturated carbocycles. The summed E-state index contributed by atoms with van der Waals surface area (Å²) in [7, 11) is 0. The summed E-state index contributed by atoms with van der Waals surface area (Å²) in [6.07, 6.45) is 0. The van der Waals surface area contributed by atoms with Crippen molar-refractivity contribution in [2.75, 3.05) is 0 Å². The fourth-order valence-electron chi connectivity index (χ4n) is 8.08. The summed E-state index contributed by atoms with van der Waals surface area (Å²) >= 11 is 1.78. The molecular weight excluding hydrogens is 745 g/mol. The molecule has 7 nitrogen and oxygen atoms in total. The van der Waals surface area contributed by atoms with Crippen molar-refractivity contribution in [3.05, 3.63) is 181 Å². The molecule has 1 aliphatic rings. The van der Waals surface area contributed by atoms with Crippen LogP contribution in [0.25, 0.3) is 90.3 Å². The van der Waals surface area contributed by atoms with Gasteiger partial charge in [0.05, 0.1) is 0 Å². The molecule has 0 saturated heterocycles. The highest BCUT2D eigenvalue weighted by Gasteiger charge is 2.34. The fourth-order valence-corrected chi connectivity index (χ4v) is 9.59. The van der Waals surface area contributed by atoms with Gasteiger partial charge in [-0.05, 0) is 35.4 Å². The Balaban J connectivity index is 1.08. The molecule has 11 rings (SSSR count). The van der Waals surface area contributed by atoms with E-state index in [4.69, 9.17) is 34.3 Å². The van der Waals surface area contributed by atoms with Crippen LogP contribution in [0.3, 0.4) is 0 Å². The molecule has 0 aliphatic carbocycles. The maximum Gasteiger partial charge on any atom is 0.165 e. The average molecular weight is 779 g/mol. The van der Waals surface area contributed by atoms with Gasteiger partial charge in [-0.1, -0.05) is 171 Å². The summed E-state index contributed by atoms with van der Waals surface area (Å²) < 4.78 is 6.26. The summed E-state index contributed by atoms with van der Waals surface area (Å²) in [5, 5.41) is 1.97. The van der Waals surface area contributed by atoms with Crippen LogP contribution in [0.15, 0.2) is 184 Å². The summed E-state index contributed by atoms with van der Waals surface area (Å²) in [4.78, 5) is 33.2. The van der Waals surface area contributed by atoms with E-state index in [0.717, 1.165) is 60.2 Å². The minimum Gasteiger partial charge on any atom is -0.456 e. The van der Waals surface area contributed by atoms with Crippen LogP contribution in [-0.2, 0) is 5.41 Å². The number of para-hydroxylation sites is 1. The van der Waals surface area contributed by atoms with Gasteiger partial charge in [-0.2, -0.15) is 0 Å². The van der Waals surface area contributed by atoms with Crippen molar-refractivity contribution >= 4 is 33.7 Å². The minimum absolute atomic E-state index is 0.197. The van der Waals surface area contributed by atoms with E-state index in [1.807, 2.05) is 115 Å². The van der Waals surface area contributed by atoms with Crippen molar-refractivity contribution in [3.63, 3.8) is 0 Å². The second-order valence-electron chi connectivity index (χ2n) is 15.1. The average Bonchev–Trinajstić information content (AvgIpc) is 3.68. The number of aromatic nitrogens is 6. The lowest BCUT2D eigenvalue weighted by Gasteiger charge is -2.35. The third kappa shape index (κ3) is 6.08. The van der Waals surface area contributed by atoms with E-state index in [-0.39, 0.29) is 5.41 Å². The second kappa shape index (κ2) is 14.0. The number of benzene rings is 7. The minimum atomic E-state index is -0.197. The predicted molar refractivity (Wildman–Crippen MR) is 236 cm³/mol. The Morgan fingerprint density at radius 1 is 0.407 bits per heavy atom. The molecule has 0 unspecified atom stereocenters. The van der Waals surface area contributed by atoms with Crippen molar-refractivity contribution in [2.45, 2.75) is 29.1 Å². The van der Waals surface area contributed by atoms with Crippen molar-refractivity contribution < 1.29 is 4.42 Å². The first-order valence-corrected chi connectivity index (χ1v) is 20.4. The molecule has 0 fully saturated rings.